The second kappa shape index (κ2) is 8.66. The molecule has 4 nitrogen and oxygen atoms in total. The number of carbonyl (C=O) groups excluding carboxylic acids is 1. The summed E-state index contributed by atoms with van der Waals surface area (Å²) in [5, 5.41) is 5.69. The number of ether oxygens (including phenoxy) is 1. The van der Waals surface area contributed by atoms with E-state index in [0.29, 0.717) is 11.3 Å². The number of hydrogen-bond donors (Lipinski definition) is 1. The number of alkyl halides is 3. The van der Waals surface area contributed by atoms with Crippen LogP contribution >= 0.6 is 23.1 Å². The van der Waals surface area contributed by atoms with E-state index in [-0.39, 0.29) is 11.7 Å². The Labute approximate surface area is 167 Å². The largest absolute Gasteiger partial charge is 0.573 e. The predicted molar refractivity (Wildman–Crippen MR) is 104 cm³/mol. The number of nitrogens with zero attached hydrogens (tertiary/aromatic N) is 1. The molecule has 0 aliphatic heterocycles. The molecule has 0 saturated heterocycles. The third-order valence-corrected chi connectivity index (χ3v) is 5.38. The van der Waals surface area contributed by atoms with Crippen LogP contribution in [-0.4, -0.2) is 17.3 Å². The fraction of sp³-hybridized carbons (Fsp3) is 0.158. The molecule has 28 heavy (non-hydrogen) atoms. The zero-order valence-electron chi connectivity index (χ0n) is 14.6. The minimum absolute atomic E-state index is 0.345. The summed E-state index contributed by atoms with van der Waals surface area (Å²) in [4.78, 5) is 17.7. The molecule has 1 amide bonds. The molecule has 146 valence electrons. The molecule has 3 rings (SSSR count). The average molecular weight is 424 g/mol. The number of halogens is 3. The topological polar surface area (TPSA) is 51.2 Å². The van der Waals surface area contributed by atoms with Crippen LogP contribution in [0.25, 0.3) is 0 Å². The molecule has 0 radical (unpaired) electrons. The number of carbonyl (C=O) groups is 1. The van der Waals surface area contributed by atoms with Gasteiger partial charge in [-0.15, -0.1) is 36.3 Å². The molecule has 0 aliphatic carbocycles. The number of anilines is 1. The van der Waals surface area contributed by atoms with Crippen LogP contribution in [0.15, 0.2) is 58.8 Å². The summed E-state index contributed by atoms with van der Waals surface area (Å²) in [5.74, 6) is 0.0562. The first kappa shape index (κ1) is 20.2. The minimum Gasteiger partial charge on any atom is -0.406 e. The van der Waals surface area contributed by atoms with E-state index in [4.69, 9.17) is 0 Å². The van der Waals surface area contributed by atoms with E-state index in [2.05, 4.69) is 15.0 Å². The molecule has 0 fully saturated rings. The van der Waals surface area contributed by atoms with Crippen molar-refractivity contribution < 1.29 is 22.7 Å². The van der Waals surface area contributed by atoms with Crippen molar-refractivity contribution >= 4 is 34.7 Å². The SMILES string of the molecule is Cc1nc(CSc2ccc(C(=O)Nc3ccc(OC(F)(F)F)cc3)cc2)cs1. The Bertz CT molecular complexity index is 939. The van der Waals surface area contributed by atoms with Gasteiger partial charge in [0.2, 0.25) is 0 Å². The molecule has 0 saturated carbocycles. The van der Waals surface area contributed by atoms with Gasteiger partial charge in [-0.2, -0.15) is 0 Å². The number of thiazole rings is 1. The molecule has 9 heteroatoms. The summed E-state index contributed by atoms with van der Waals surface area (Å²) in [5.41, 5.74) is 1.84. The number of nitrogens with one attached hydrogen (secondary N) is 1. The van der Waals surface area contributed by atoms with Crippen LogP contribution in [0.5, 0.6) is 5.75 Å². The minimum atomic E-state index is -4.75. The van der Waals surface area contributed by atoms with Crippen LogP contribution in [0.1, 0.15) is 21.1 Å². The summed E-state index contributed by atoms with van der Waals surface area (Å²) >= 11 is 3.23. The molecule has 1 N–H and O–H groups in total. The maximum Gasteiger partial charge on any atom is 0.573 e. The lowest BCUT2D eigenvalue weighted by Gasteiger charge is -2.10. The molecular weight excluding hydrogens is 409 g/mol. The Morgan fingerprint density at radius 1 is 1.14 bits per heavy atom. The van der Waals surface area contributed by atoms with E-state index in [0.717, 1.165) is 33.5 Å². The zero-order valence-corrected chi connectivity index (χ0v) is 16.3. The maximum absolute atomic E-state index is 12.3. The van der Waals surface area contributed by atoms with Crippen molar-refractivity contribution in [2.75, 3.05) is 5.32 Å². The normalized spacial score (nSPS) is 11.3. The van der Waals surface area contributed by atoms with E-state index < -0.39 is 6.36 Å². The van der Waals surface area contributed by atoms with Crippen LogP contribution in [0.2, 0.25) is 0 Å². The molecule has 0 spiro atoms. The molecule has 1 aromatic heterocycles. The predicted octanol–water partition coefficient (Wildman–Crippen LogP) is 5.89. The lowest BCUT2D eigenvalue weighted by atomic mass is 10.2. The zero-order chi connectivity index (χ0) is 20.1. The van der Waals surface area contributed by atoms with Crippen molar-refractivity contribution in [2.24, 2.45) is 0 Å². The summed E-state index contributed by atoms with van der Waals surface area (Å²) in [6.45, 7) is 1.96. The molecule has 2 aromatic carbocycles. The first-order chi connectivity index (χ1) is 13.3. The Kier molecular flexibility index (Phi) is 6.25. The van der Waals surface area contributed by atoms with E-state index in [9.17, 15) is 18.0 Å². The second-order valence-corrected chi connectivity index (χ2v) is 7.81. The van der Waals surface area contributed by atoms with E-state index in [1.54, 1.807) is 35.2 Å². The van der Waals surface area contributed by atoms with Crippen molar-refractivity contribution in [2.45, 2.75) is 23.9 Å². The van der Waals surface area contributed by atoms with Crippen molar-refractivity contribution in [1.29, 1.82) is 0 Å². The van der Waals surface area contributed by atoms with Crippen molar-refractivity contribution in [3.63, 3.8) is 0 Å². The van der Waals surface area contributed by atoms with Gasteiger partial charge in [0.1, 0.15) is 5.75 Å². The monoisotopic (exact) mass is 424 g/mol. The van der Waals surface area contributed by atoms with E-state index in [1.807, 2.05) is 24.4 Å². The first-order valence-corrected chi connectivity index (χ1v) is 9.96. The highest BCUT2D eigenvalue weighted by Gasteiger charge is 2.30. The molecule has 0 aliphatic rings. The van der Waals surface area contributed by atoms with Gasteiger partial charge in [0.25, 0.3) is 5.91 Å². The summed E-state index contributed by atoms with van der Waals surface area (Å²) < 4.78 is 40.3. The number of thioether (sulfide) groups is 1. The van der Waals surface area contributed by atoms with Gasteiger partial charge in [-0.3, -0.25) is 4.79 Å². The first-order valence-electron chi connectivity index (χ1n) is 8.09. The van der Waals surface area contributed by atoms with Crippen molar-refractivity contribution in [1.82, 2.24) is 4.98 Å². The average Bonchev–Trinajstić information content (AvgIpc) is 3.06. The van der Waals surface area contributed by atoms with E-state index >= 15 is 0 Å². The Balaban J connectivity index is 1.55. The quantitative estimate of drug-likeness (QED) is 0.501. The van der Waals surface area contributed by atoms with Crippen LogP contribution in [0, 0.1) is 6.92 Å². The van der Waals surface area contributed by atoms with Gasteiger partial charge in [-0.1, -0.05) is 0 Å². The highest BCUT2D eigenvalue weighted by atomic mass is 32.2. The van der Waals surface area contributed by atoms with Gasteiger partial charge in [0.15, 0.2) is 0 Å². The molecule has 0 atom stereocenters. The maximum atomic E-state index is 12.3. The number of hydrogen-bond acceptors (Lipinski definition) is 5. The Hall–Kier alpha value is -2.52. The van der Waals surface area contributed by atoms with Gasteiger partial charge in [-0.05, 0) is 55.5 Å². The smallest absolute Gasteiger partial charge is 0.406 e. The Morgan fingerprint density at radius 3 is 2.39 bits per heavy atom. The molecule has 0 unspecified atom stereocenters. The number of amides is 1. The van der Waals surface area contributed by atoms with Crippen molar-refractivity contribution in [3.05, 3.63) is 70.2 Å². The molecule has 3 aromatic rings. The lowest BCUT2D eigenvalue weighted by Crippen LogP contribution is -2.17. The van der Waals surface area contributed by atoms with Crippen LogP contribution < -0.4 is 10.1 Å². The standard InChI is InChI=1S/C19H15F3N2O2S2/c1-12-23-15(10-27-12)11-28-17-8-2-13(3-9-17)18(25)24-14-4-6-16(7-5-14)26-19(20,21)22/h2-10H,11H2,1H3,(H,24,25). The number of aromatic nitrogens is 1. The van der Waals surface area contributed by atoms with Crippen molar-refractivity contribution in [3.8, 4) is 5.75 Å². The summed E-state index contributed by atoms with van der Waals surface area (Å²) in [7, 11) is 0. The van der Waals surface area contributed by atoms with E-state index in [1.165, 1.54) is 12.1 Å². The van der Waals surface area contributed by atoms with Gasteiger partial charge in [-0.25, -0.2) is 4.98 Å². The Morgan fingerprint density at radius 2 is 1.82 bits per heavy atom. The fourth-order valence-corrected chi connectivity index (χ4v) is 3.79. The van der Waals surface area contributed by atoms with Gasteiger partial charge < -0.3 is 10.1 Å². The highest BCUT2D eigenvalue weighted by Crippen LogP contribution is 2.25. The summed E-state index contributed by atoms with van der Waals surface area (Å²) in [6, 6.07) is 12.1. The molecule has 1 heterocycles. The third kappa shape index (κ3) is 6.00. The third-order valence-electron chi connectivity index (χ3n) is 3.52. The van der Waals surface area contributed by atoms with Crippen LogP contribution in [0.3, 0.4) is 0 Å². The molecule has 0 bridgehead atoms. The number of aryl methyl sites for hydroxylation is 1. The number of benzene rings is 2. The lowest BCUT2D eigenvalue weighted by molar-refractivity contribution is -0.274. The van der Waals surface area contributed by atoms with Crippen LogP contribution in [-0.2, 0) is 5.75 Å². The van der Waals surface area contributed by atoms with Gasteiger partial charge >= 0.3 is 6.36 Å². The number of rotatable bonds is 6. The van der Waals surface area contributed by atoms with Gasteiger partial charge in [0.05, 0.1) is 10.7 Å². The molecular formula is C19H15F3N2O2S2. The fourth-order valence-electron chi connectivity index (χ4n) is 2.28. The van der Waals surface area contributed by atoms with Crippen LogP contribution in [0.4, 0.5) is 18.9 Å². The summed E-state index contributed by atoms with van der Waals surface area (Å²) in [6.07, 6.45) is -4.75. The highest BCUT2D eigenvalue weighted by molar-refractivity contribution is 7.98. The second-order valence-electron chi connectivity index (χ2n) is 5.70. The van der Waals surface area contributed by atoms with Gasteiger partial charge in [0, 0.05) is 27.3 Å².